The van der Waals surface area contributed by atoms with Gasteiger partial charge in [-0.05, 0) is 35.5 Å². The van der Waals surface area contributed by atoms with E-state index in [1.54, 1.807) is 12.2 Å². The van der Waals surface area contributed by atoms with Gasteiger partial charge < -0.3 is 10.8 Å². The van der Waals surface area contributed by atoms with Gasteiger partial charge in [0.25, 0.3) is 0 Å². The topological polar surface area (TPSA) is 97.3 Å². The van der Waals surface area contributed by atoms with E-state index in [0.29, 0.717) is 10.5 Å². The molecule has 0 aliphatic heterocycles. The van der Waals surface area contributed by atoms with Gasteiger partial charge in [-0.1, -0.05) is 41.7 Å². The third kappa shape index (κ3) is 2.81. The molecular formula is C15H11N3O3S2. The molecule has 0 saturated heterocycles. The molecule has 1 aliphatic rings. The minimum Gasteiger partial charge on any atom is -0.492 e. The summed E-state index contributed by atoms with van der Waals surface area (Å²) in [5, 5.41) is 10.2. The summed E-state index contributed by atoms with van der Waals surface area (Å²) >= 11 is 6.13. The first-order valence-corrected chi connectivity index (χ1v) is 7.74. The number of carbonyl (C=O) groups is 2. The Morgan fingerprint density at radius 3 is 2.83 bits per heavy atom. The SMILES string of the molecule is NC(=O)Nn1c(O)c(/C=C2\C(=O)C=Cc3ccccc32)sc1=S. The van der Waals surface area contributed by atoms with Crippen molar-refractivity contribution in [2.75, 3.05) is 5.43 Å². The van der Waals surface area contributed by atoms with E-state index in [1.807, 2.05) is 24.3 Å². The molecule has 0 radical (unpaired) electrons. The van der Waals surface area contributed by atoms with Crippen LogP contribution >= 0.6 is 23.6 Å². The molecule has 2 amide bonds. The molecule has 2 aromatic rings. The van der Waals surface area contributed by atoms with E-state index in [0.717, 1.165) is 27.1 Å². The largest absolute Gasteiger partial charge is 0.492 e. The number of allylic oxidation sites excluding steroid dienone is 2. The minimum absolute atomic E-state index is 0.170. The Hall–Kier alpha value is -2.71. The predicted molar refractivity (Wildman–Crippen MR) is 92.1 cm³/mol. The smallest absolute Gasteiger partial charge is 0.331 e. The average molecular weight is 345 g/mol. The molecule has 6 nitrogen and oxygen atoms in total. The lowest BCUT2D eigenvalue weighted by Gasteiger charge is -2.12. The van der Waals surface area contributed by atoms with Crippen LogP contribution in [0.2, 0.25) is 0 Å². The number of hydrogen-bond donors (Lipinski definition) is 3. The van der Waals surface area contributed by atoms with Crippen LogP contribution in [0.4, 0.5) is 4.79 Å². The number of benzene rings is 1. The Labute approximate surface area is 140 Å². The van der Waals surface area contributed by atoms with Gasteiger partial charge in [0.2, 0.25) is 5.88 Å². The molecule has 0 saturated carbocycles. The number of ketones is 1. The number of urea groups is 1. The zero-order valence-electron chi connectivity index (χ0n) is 11.6. The fourth-order valence-corrected chi connectivity index (χ4v) is 3.41. The Balaban J connectivity index is 2.12. The van der Waals surface area contributed by atoms with E-state index in [-0.39, 0.29) is 15.6 Å². The van der Waals surface area contributed by atoms with Crippen molar-refractivity contribution in [2.45, 2.75) is 0 Å². The summed E-state index contributed by atoms with van der Waals surface area (Å²) in [6, 6.07) is 6.59. The van der Waals surface area contributed by atoms with Crippen LogP contribution in [-0.2, 0) is 4.79 Å². The van der Waals surface area contributed by atoms with Gasteiger partial charge >= 0.3 is 6.03 Å². The van der Waals surface area contributed by atoms with Gasteiger partial charge in [0.15, 0.2) is 9.74 Å². The fourth-order valence-electron chi connectivity index (χ4n) is 2.24. The van der Waals surface area contributed by atoms with Crippen LogP contribution in [0, 0.1) is 3.95 Å². The number of fused-ring (bicyclic) bond motifs is 1. The third-order valence-electron chi connectivity index (χ3n) is 3.24. The molecule has 0 fully saturated rings. The quantitative estimate of drug-likeness (QED) is 0.576. The standard InChI is InChI=1S/C15H11N3O3S2/c16-14(21)17-18-13(20)12(23-15(18)22)7-10-9-4-2-1-3-8(9)5-6-11(10)19/h1-7,20H,(H3,16,17,21)/b10-7-. The number of hydrogen-bond acceptors (Lipinski definition) is 5. The molecule has 4 N–H and O–H groups in total. The highest BCUT2D eigenvalue weighted by atomic mass is 32.1. The molecule has 1 aromatic heterocycles. The number of carbonyl (C=O) groups excluding carboxylic acids is 2. The van der Waals surface area contributed by atoms with Crippen LogP contribution in [0.15, 0.2) is 30.3 Å². The number of nitrogens with zero attached hydrogens (tertiary/aromatic N) is 1. The van der Waals surface area contributed by atoms with E-state index in [4.69, 9.17) is 18.0 Å². The Morgan fingerprint density at radius 2 is 2.09 bits per heavy atom. The molecule has 0 spiro atoms. The van der Waals surface area contributed by atoms with Crippen molar-refractivity contribution in [3.8, 4) is 5.88 Å². The summed E-state index contributed by atoms with van der Waals surface area (Å²) in [6.07, 6.45) is 4.78. The van der Waals surface area contributed by atoms with Crippen molar-refractivity contribution in [3.63, 3.8) is 0 Å². The second-order valence-electron chi connectivity index (χ2n) is 4.71. The van der Waals surface area contributed by atoms with Crippen molar-refractivity contribution in [1.29, 1.82) is 0 Å². The Kier molecular flexibility index (Phi) is 3.85. The number of rotatable bonds is 2. The summed E-state index contributed by atoms with van der Waals surface area (Å²) < 4.78 is 1.21. The van der Waals surface area contributed by atoms with Gasteiger partial charge in [-0.2, -0.15) is 4.68 Å². The molecule has 0 atom stereocenters. The molecule has 0 unspecified atom stereocenters. The number of primary amides is 1. The lowest BCUT2D eigenvalue weighted by Crippen LogP contribution is -2.27. The summed E-state index contributed by atoms with van der Waals surface area (Å²) in [7, 11) is 0. The van der Waals surface area contributed by atoms with E-state index in [1.165, 1.54) is 6.08 Å². The first-order chi connectivity index (χ1) is 11.0. The second kappa shape index (κ2) is 5.82. The zero-order valence-corrected chi connectivity index (χ0v) is 13.3. The Morgan fingerprint density at radius 1 is 1.35 bits per heavy atom. The maximum absolute atomic E-state index is 12.2. The highest BCUT2D eigenvalue weighted by Gasteiger charge is 2.19. The lowest BCUT2D eigenvalue weighted by atomic mass is 9.91. The molecule has 8 heteroatoms. The van der Waals surface area contributed by atoms with Crippen molar-refractivity contribution in [2.24, 2.45) is 5.73 Å². The minimum atomic E-state index is -0.851. The molecule has 23 heavy (non-hydrogen) atoms. The summed E-state index contributed by atoms with van der Waals surface area (Å²) in [5.41, 5.74) is 9.38. The third-order valence-corrected chi connectivity index (χ3v) is 4.55. The number of amides is 2. The molecular weight excluding hydrogens is 334 g/mol. The second-order valence-corrected chi connectivity index (χ2v) is 6.39. The average Bonchev–Trinajstić information content (AvgIpc) is 2.77. The number of aromatic nitrogens is 1. The fraction of sp³-hybridized carbons (Fsp3) is 0. The van der Waals surface area contributed by atoms with Gasteiger partial charge in [0, 0.05) is 5.57 Å². The van der Waals surface area contributed by atoms with Gasteiger partial charge in [0.1, 0.15) is 0 Å². The number of aromatic hydroxyl groups is 1. The first-order valence-electron chi connectivity index (χ1n) is 6.52. The van der Waals surface area contributed by atoms with Crippen LogP contribution in [0.5, 0.6) is 5.88 Å². The number of nitrogens with two attached hydrogens (primary N) is 1. The van der Waals surface area contributed by atoms with Crippen LogP contribution < -0.4 is 11.2 Å². The molecule has 1 heterocycles. The van der Waals surface area contributed by atoms with E-state index < -0.39 is 6.03 Å². The molecule has 0 bridgehead atoms. The van der Waals surface area contributed by atoms with Crippen LogP contribution in [0.1, 0.15) is 16.0 Å². The molecule has 3 rings (SSSR count). The van der Waals surface area contributed by atoms with E-state index in [2.05, 4.69) is 5.43 Å². The van der Waals surface area contributed by atoms with Crippen LogP contribution in [-0.4, -0.2) is 21.6 Å². The highest BCUT2D eigenvalue weighted by molar-refractivity contribution is 7.73. The summed E-state index contributed by atoms with van der Waals surface area (Å²) in [4.78, 5) is 23.5. The van der Waals surface area contributed by atoms with Crippen molar-refractivity contribution in [3.05, 3.63) is 50.3 Å². The van der Waals surface area contributed by atoms with E-state index in [9.17, 15) is 14.7 Å². The monoisotopic (exact) mass is 345 g/mol. The van der Waals surface area contributed by atoms with Crippen molar-refractivity contribution in [1.82, 2.24) is 4.68 Å². The van der Waals surface area contributed by atoms with E-state index >= 15 is 0 Å². The van der Waals surface area contributed by atoms with Gasteiger partial charge in [0.05, 0.1) is 4.88 Å². The first kappa shape index (κ1) is 15.2. The number of thiazole rings is 1. The van der Waals surface area contributed by atoms with Crippen LogP contribution in [0.25, 0.3) is 17.7 Å². The lowest BCUT2D eigenvalue weighted by molar-refractivity contribution is -0.109. The predicted octanol–water partition coefficient (Wildman–Crippen LogP) is 2.74. The maximum Gasteiger partial charge on any atom is 0.331 e. The van der Waals surface area contributed by atoms with Crippen LogP contribution in [0.3, 0.4) is 0 Å². The summed E-state index contributed by atoms with van der Waals surface area (Å²) in [5.74, 6) is -0.442. The number of nitrogens with one attached hydrogen (secondary N) is 1. The van der Waals surface area contributed by atoms with Gasteiger partial charge in [-0.3, -0.25) is 4.79 Å². The summed E-state index contributed by atoms with van der Waals surface area (Å²) in [6.45, 7) is 0. The molecule has 116 valence electrons. The normalized spacial score (nSPS) is 14.8. The highest BCUT2D eigenvalue weighted by Crippen LogP contribution is 2.33. The van der Waals surface area contributed by atoms with Crippen molar-refractivity contribution < 1.29 is 14.7 Å². The van der Waals surface area contributed by atoms with Gasteiger partial charge in [-0.25, -0.2) is 10.2 Å². The molecule has 1 aromatic carbocycles. The van der Waals surface area contributed by atoms with Crippen molar-refractivity contribution >= 4 is 53.1 Å². The molecule has 1 aliphatic carbocycles. The van der Waals surface area contributed by atoms with Gasteiger partial charge in [-0.15, -0.1) is 0 Å². The zero-order chi connectivity index (χ0) is 16.6. The maximum atomic E-state index is 12.2. The Bertz CT molecular complexity index is 938.